The van der Waals surface area contributed by atoms with Crippen molar-refractivity contribution in [1.29, 1.82) is 0 Å². The van der Waals surface area contributed by atoms with Gasteiger partial charge in [0.1, 0.15) is 11.4 Å². The molecule has 1 heterocycles. The number of benzene rings is 1. The molecule has 0 saturated carbocycles. The van der Waals surface area contributed by atoms with E-state index in [1.165, 1.54) is 24.4 Å². The summed E-state index contributed by atoms with van der Waals surface area (Å²) in [7, 11) is -3.84. The second-order valence-corrected chi connectivity index (χ2v) is 8.54. The van der Waals surface area contributed by atoms with Crippen LogP contribution >= 0.6 is 15.9 Å². The molecular formula is C18H22BrN3O4S. The van der Waals surface area contributed by atoms with Crippen molar-refractivity contribution in [2.24, 2.45) is 0 Å². The van der Waals surface area contributed by atoms with E-state index in [0.29, 0.717) is 18.9 Å². The highest BCUT2D eigenvalue weighted by Gasteiger charge is 2.20. The summed E-state index contributed by atoms with van der Waals surface area (Å²) in [6.45, 7) is 5.35. The molecule has 7 nitrogen and oxygen atoms in total. The fraction of sp³-hybridized carbons (Fsp3) is 0.333. The van der Waals surface area contributed by atoms with Gasteiger partial charge in [0.2, 0.25) is 0 Å². The van der Waals surface area contributed by atoms with Gasteiger partial charge in [0, 0.05) is 17.6 Å². The van der Waals surface area contributed by atoms with Crippen molar-refractivity contribution in [2.45, 2.75) is 31.6 Å². The number of nitrogens with one attached hydrogen (secondary N) is 1. The number of halogens is 1. The zero-order chi connectivity index (χ0) is 20.0. The highest BCUT2D eigenvalue weighted by Crippen LogP contribution is 2.24. The first-order valence-electron chi connectivity index (χ1n) is 8.55. The van der Waals surface area contributed by atoms with Crippen LogP contribution in [0.1, 0.15) is 37.0 Å². The number of hydrogen-bond acceptors (Lipinski definition) is 5. The molecule has 0 saturated heterocycles. The van der Waals surface area contributed by atoms with E-state index in [4.69, 9.17) is 0 Å². The Balaban J connectivity index is 2.37. The molecule has 146 valence electrons. The van der Waals surface area contributed by atoms with Gasteiger partial charge in [0.25, 0.3) is 10.0 Å². The van der Waals surface area contributed by atoms with Crippen molar-refractivity contribution < 1.29 is 18.3 Å². The molecule has 9 heteroatoms. The molecule has 0 bridgehead atoms. The minimum Gasteiger partial charge on any atom is -0.478 e. The molecule has 2 aromatic rings. The third kappa shape index (κ3) is 5.43. The van der Waals surface area contributed by atoms with Gasteiger partial charge in [-0.05, 0) is 43.2 Å². The monoisotopic (exact) mass is 455 g/mol. The van der Waals surface area contributed by atoms with Crippen LogP contribution in [0.5, 0.6) is 0 Å². The Morgan fingerprint density at radius 2 is 1.78 bits per heavy atom. The maximum Gasteiger partial charge on any atom is 0.339 e. The number of sulfonamides is 1. The number of nitrogens with zero attached hydrogens (tertiary/aromatic N) is 2. The molecule has 0 fully saturated rings. The van der Waals surface area contributed by atoms with Crippen LogP contribution in [0.2, 0.25) is 0 Å². The van der Waals surface area contributed by atoms with E-state index in [1.807, 2.05) is 18.7 Å². The Morgan fingerprint density at radius 1 is 1.19 bits per heavy atom. The Labute approximate surface area is 167 Å². The molecule has 0 aliphatic carbocycles. The van der Waals surface area contributed by atoms with Crippen LogP contribution < -0.4 is 9.62 Å². The molecule has 0 amide bonds. The van der Waals surface area contributed by atoms with E-state index in [1.54, 1.807) is 12.1 Å². The molecule has 27 heavy (non-hydrogen) atoms. The van der Waals surface area contributed by atoms with Gasteiger partial charge < -0.3 is 10.0 Å². The first kappa shape index (κ1) is 21.2. The quantitative estimate of drug-likeness (QED) is 0.593. The van der Waals surface area contributed by atoms with Crippen molar-refractivity contribution in [3.05, 3.63) is 46.6 Å². The van der Waals surface area contributed by atoms with Crippen LogP contribution in [0, 0.1) is 0 Å². The van der Waals surface area contributed by atoms with Crippen molar-refractivity contribution >= 4 is 43.4 Å². The highest BCUT2D eigenvalue weighted by atomic mass is 79.9. The van der Waals surface area contributed by atoms with Gasteiger partial charge in [0.05, 0.1) is 16.8 Å². The van der Waals surface area contributed by atoms with E-state index in [2.05, 4.69) is 25.6 Å². The van der Waals surface area contributed by atoms with E-state index < -0.39 is 16.0 Å². The average Bonchev–Trinajstić information content (AvgIpc) is 2.61. The molecule has 0 spiro atoms. The average molecular weight is 456 g/mol. The lowest BCUT2D eigenvalue weighted by molar-refractivity contribution is 0.0697. The number of aromatic carboxylic acids is 1. The topological polar surface area (TPSA) is 99.6 Å². The largest absolute Gasteiger partial charge is 0.478 e. The molecular weight excluding hydrogens is 434 g/mol. The molecule has 2 N–H and O–H groups in total. The van der Waals surface area contributed by atoms with E-state index >= 15 is 0 Å². The zero-order valence-corrected chi connectivity index (χ0v) is 17.5. The van der Waals surface area contributed by atoms with Crippen LogP contribution in [0.4, 0.5) is 11.5 Å². The minimum atomic E-state index is -3.84. The molecule has 0 aliphatic heterocycles. The highest BCUT2D eigenvalue weighted by molar-refractivity contribution is 9.10. The summed E-state index contributed by atoms with van der Waals surface area (Å²) < 4.78 is 28.2. The summed E-state index contributed by atoms with van der Waals surface area (Å²) in [5.74, 6) is -0.808. The van der Waals surface area contributed by atoms with Crippen LogP contribution in [-0.2, 0) is 10.0 Å². The summed E-state index contributed by atoms with van der Waals surface area (Å²) in [4.78, 5) is 17.9. The van der Waals surface area contributed by atoms with Gasteiger partial charge in [-0.3, -0.25) is 4.72 Å². The van der Waals surface area contributed by atoms with Crippen molar-refractivity contribution in [2.75, 3.05) is 22.7 Å². The molecule has 1 aromatic heterocycles. The summed E-state index contributed by atoms with van der Waals surface area (Å²) in [6, 6.07) is 7.45. The van der Waals surface area contributed by atoms with Crippen molar-refractivity contribution in [3.63, 3.8) is 0 Å². The van der Waals surface area contributed by atoms with Gasteiger partial charge in [0.15, 0.2) is 0 Å². The smallest absolute Gasteiger partial charge is 0.339 e. The lowest BCUT2D eigenvalue weighted by Gasteiger charge is -2.24. The fourth-order valence-electron chi connectivity index (χ4n) is 2.61. The molecule has 2 rings (SSSR count). The molecule has 0 aliphatic rings. The second-order valence-electron chi connectivity index (χ2n) is 5.95. The van der Waals surface area contributed by atoms with Gasteiger partial charge >= 0.3 is 5.97 Å². The number of carboxylic acid groups (broad SMARTS) is 1. The molecule has 1 aromatic carbocycles. The summed E-state index contributed by atoms with van der Waals surface area (Å²) >= 11 is 3.26. The zero-order valence-electron chi connectivity index (χ0n) is 15.1. The van der Waals surface area contributed by atoms with Gasteiger partial charge in [-0.2, -0.15) is 0 Å². The Morgan fingerprint density at radius 3 is 2.30 bits per heavy atom. The Hall–Kier alpha value is -2.13. The van der Waals surface area contributed by atoms with Crippen LogP contribution in [-0.4, -0.2) is 37.6 Å². The number of carboxylic acids is 1. The molecule has 0 radical (unpaired) electrons. The molecule has 0 unspecified atom stereocenters. The van der Waals surface area contributed by atoms with Crippen molar-refractivity contribution in [1.82, 2.24) is 4.98 Å². The minimum absolute atomic E-state index is 0.0343. The lowest BCUT2D eigenvalue weighted by atomic mass is 10.2. The van der Waals surface area contributed by atoms with Crippen LogP contribution in [0.3, 0.4) is 0 Å². The first-order chi connectivity index (χ1) is 12.8. The third-order valence-corrected chi connectivity index (χ3v) is 5.69. The number of rotatable bonds is 9. The first-order valence-corrected chi connectivity index (χ1v) is 10.8. The summed E-state index contributed by atoms with van der Waals surface area (Å²) in [5, 5.41) is 9.57. The fourth-order valence-corrected chi connectivity index (χ4v) is 3.91. The maximum atomic E-state index is 12.5. The van der Waals surface area contributed by atoms with Crippen molar-refractivity contribution in [3.8, 4) is 0 Å². The maximum absolute atomic E-state index is 12.5. The normalized spacial score (nSPS) is 11.2. The van der Waals surface area contributed by atoms with Gasteiger partial charge in [-0.15, -0.1) is 0 Å². The number of hydrogen-bond donors (Lipinski definition) is 2. The molecule has 0 atom stereocenters. The number of carbonyl (C=O) groups is 1. The van der Waals surface area contributed by atoms with Gasteiger partial charge in [-0.25, -0.2) is 18.2 Å². The lowest BCUT2D eigenvalue weighted by Crippen LogP contribution is -2.28. The van der Waals surface area contributed by atoms with Gasteiger partial charge in [-0.1, -0.05) is 29.8 Å². The SMILES string of the molecule is CCCN(CCC)c1ncc(NS(=O)(=O)c2ccc(Br)cc2)cc1C(=O)O. The predicted octanol–water partition coefficient (Wildman–Crippen LogP) is 3.97. The Bertz CT molecular complexity index is 895. The second kappa shape index (κ2) is 9.18. The standard InChI is InChI=1S/C18H22BrN3O4S/c1-3-9-22(10-4-2)17-16(18(23)24)11-14(12-20-17)21-27(25,26)15-7-5-13(19)6-8-15/h5-8,11-12,21H,3-4,9-10H2,1-2H3,(H,23,24). The van der Waals surface area contributed by atoms with E-state index in [9.17, 15) is 18.3 Å². The number of aromatic nitrogens is 1. The Kier molecular flexibility index (Phi) is 7.20. The van der Waals surface area contributed by atoms with E-state index in [0.717, 1.165) is 17.3 Å². The number of anilines is 2. The third-order valence-electron chi connectivity index (χ3n) is 3.76. The van der Waals surface area contributed by atoms with Crippen LogP contribution in [0.25, 0.3) is 0 Å². The summed E-state index contributed by atoms with van der Waals surface area (Å²) in [5.41, 5.74) is 0.0694. The summed E-state index contributed by atoms with van der Waals surface area (Å²) in [6.07, 6.45) is 3.04. The predicted molar refractivity (Wildman–Crippen MR) is 109 cm³/mol. The van der Waals surface area contributed by atoms with E-state index in [-0.39, 0.29) is 16.1 Å². The van der Waals surface area contributed by atoms with Crippen LogP contribution in [0.15, 0.2) is 45.9 Å². The number of pyridine rings is 1.